The topological polar surface area (TPSA) is 39.4 Å². The summed E-state index contributed by atoms with van der Waals surface area (Å²) in [5.41, 5.74) is 2.75. The monoisotopic (exact) mass is 407 g/mol. The highest BCUT2D eigenvalue weighted by Crippen LogP contribution is 2.31. The maximum atomic E-state index is 5.40. The summed E-state index contributed by atoms with van der Waals surface area (Å²) in [6.45, 7) is 0. The van der Waals surface area contributed by atoms with Gasteiger partial charge in [0, 0.05) is 10.0 Å². The number of imidazole rings is 1. The highest BCUT2D eigenvalue weighted by atomic mass is 79.9. The Labute approximate surface area is 138 Å². The molecule has 0 amide bonds. The summed E-state index contributed by atoms with van der Waals surface area (Å²) in [5, 5.41) is 4.46. The molecule has 1 heterocycles. The average molecular weight is 409 g/mol. The van der Waals surface area contributed by atoms with Gasteiger partial charge in [-0.25, -0.2) is 9.66 Å². The van der Waals surface area contributed by atoms with E-state index >= 15 is 0 Å². The minimum atomic E-state index is 0.742. The van der Waals surface area contributed by atoms with Crippen LogP contribution in [0.3, 0.4) is 0 Å². The number of hydrogen-bond donors (Lipinski definition) is 0. The highest BCUT2D eigenvalue weighted by Gasteiger charge is 2.08. The third-order valence-corrected chi connectivity index (χ3v) is 4.04. The molecule has 0 saturated heterocycles. The maximum absolute atomic E-state index is 5.40. The van der Waals surface area contributed by atoms with E-state index < -0.39 is 0 Å². The van der Waals surface area contributed by atoms with Crippen molar-refractivity contribution < 1.29 is 4.74 Å². The molecule has 0 unspecified atom stereocenters. The molecule has 0 aliphatic rings. The number of ether oxygens (including phenoxy) is 1. The van der Waals surface area contributed by atoms with Crippen LogP contribution in [0.5, 0.6) is 5.75 Å². The molecule has 4 nitrogen and oxygen atoms in total. The average Bonchev–Trinajstić information content (AvgIpc) is 2.88. The largest absolute Gasteiger partial charge is 0.495 e. The van der Waals surface area contributed by atoms with Gasteiger partial charge < -0.3 is 4.74 Å². The van der Waals surface area contributed by atoms with Gasteiger partial charge >= 0.3 is 0 Å². The molecule has 0 atom stereocenters. The second-order valence-corrected chi connectivity index (χ2v) is 6.10. The quantitative estimate of drug-likeness (QED) is 0.600. The molecule has 2 aromatic carbocycles. The lowest BCUT2D eigenvalue weighted by Crippen LogP contribution is -1.94. The van der Waals surface area contributed by atoms with Crippen LogP contribution in [0.1, 0.15) is 5.56 Å². The van der Waals surface area contributed by atoms with Crippen LogP contribution < -0.4 is 4.74 Å². The molecule has 0 aliphatic carbocycles. The summed E-state index contributed by atoms with van der Waals surface area (Å²) < 4.78 is 8.97. The molecule has 3 aromatic rings. The summed E-state index contributed by atoms with van der Waals surface area (Å²) in [5.74, 6) is 0.742. The number of benzene rings is 2. The van der Waals surface area contributed by atoms with Crippen molar-refractivity contribution >= 4 is 49.1 Å². The van der Waals surface area contributed by atoms with E-state index in [1.165, 1.54) is 0 Å². The van der Waals surface area contributed by atoms with Crippen molar-refractivity contribution in [3.8, 4) is 5.75 Å². The van der Waals surface area contributed by atoms with Crippen LogP contribution in [0.25, 0.3) is 11.0 Å². The fourth-order valence-electron chi connectivity index (χ4n) is 2.05. The number of halogens is 2. The Morgan fingerprint density at radius 3 is 2.86 bits per heavy atom. The summed E-state index contributed by atoms with van der Waals surface area (Å²) in [4.78, 5) is 4.31. The number of nitrogens with zero attached hydrogens (tertiary/aromatic N) is 3. The molecule has 0 fully saturated rings. The van der Waals surface area contributed by atoms with Gasteiger partial charge in [-0.1, -0.05) is 28.1 Å². The van der Waals surface area contributed by atoms with E-state index in [1.807, 2.05) is 36.4 Å². The Morgan fingerprint density at radius 2 is 2.05 bits per heavy atom. The third kappa shape index (κ3) is 2.87. The van der Waals surface area contributed by atoms with Gasteiger partial charge in [0.25, 0.3) is 0 Å². The molecule has 0 aliphatic heterocycles. The molecule has 0 N–H and O–H groups in total. The smallest absolute Gasteiger partial charge is 0.141 e. The molecule has 21 heavy (non-hydrogen) atoms. The Hall–Kier alpha value is -1.66. The molecule has 0 spiro atoms. The second-order valence-electron chi connectivity index (χ2n) is 4.33. The molecular formula is C15H11Br2N3O. The van der Waals surface area contributed by atoms with Gasteiger partial charge in [0.05, 0.1) is 28.8 Å². The number of aromatic nitrogens is 2. The van der Waals surface area contributed by atoms with Gasteiger partial charge in [-0.3, -0.25) is 0 Å². The predicted octanol–water partition coefficient (Wildman–Crippen LogP) is 4.45. The van der Waals surface area contributed by atoms with Crippen molar-refractivity contribution in [1.29, 1.82) is 0 Å². The Kier molecular flexibility index (Phi) is 4.07. The fourth-order valence-corrected chi connectivity index (χ4v) is 3.47. The molecular weight excluding hydrogens is 398 g/mol. The van der Waals surface area contributed by atoms with Gasteiger partial charge in [0.1, 0.15) is 12.1 Å². The van der Waals surface area contributed by atoms with E-state index in [0.717, 1.165) is 31.3 Å². The Balaban J connectivity index is 2.03. The van der Waals surface area contributed by atoms with Gasteiger partial charge in [-0.15, -0.1) is 0 Å². The van der Waals surface area contributed by atoms with Crippen LogP contribution in [0.2, 0.25) is 0 Å². The lowest BCUT2D eigenvalue weighted by atomic mass is 10.2. The lowest BCUT2D eigenvalue weighted by Gasteiger charge is -2.07. The van der Waals surface area contributed by atoms with E-state index in [9.17, 15) is 0 Å². The number of fused-ring (bicyclic) bond motifs is 1. The van der Waals surface area contributed by atoms with Gasteiger partial charge in [0.2, 0.25) is 0 Å². The Bertz CT molecular complexity index is 827. The SMILES string of the molecule is COc1c(Br)cc(Br)cc1/C=N\n1cnc2ccccc21. The molecule has 0 saturated carbocycles. The predicted molar refractivity (Wildman–Crippen MR) is 91.1 cm³/mol. The summed E-state index contributed by atoms with van der Waals surface area (Å²) >= 11 is 6.95. The standard InChI is InChI=1S/C15H11Br2N3O/c1-21-15-10(6-11(16)7-12(15)17)8-19-20-9-18-13-4-2-3-5-14(13)20/h2-9H,1H3/b19-8-. The fraction of sp³-hybridized carbons (Fsp3) is 0.0667. The van der Waals surface area contributed by atoms with Gasteiger partial charge in [-0.2, -0.15) is 5.10 Å². The van der Waals surface area contributed by atoms with Crippen LogP contribution in [-0.2, 0) is 0 Å². The van der Waals surface area contributed by atoms with Crippen molar-refractivity contribution in [2.45, 2.75) is 0 Å². The van der Waals surface area contributed by atoms with E-state index in [-0.39, 0.29) is 0 Å². The van der Waals surface area contributed by atoms with Crippen molar-refractivity contribution in [3.05, 3.63) is 57.2 Å². The van der Waals surface area contributed by atoms with Gasteiger partial charge in [-0.05, 0) is 40.2 Å². The lowest BCUT2D eigenvalue weighted by molar-refractivity contribution is 0.411. The molecule has 0 bridgehead atoms. The Morgan fingerprint density at radius 1 is 1.24 bits per heavy atom. The van der Waals surface area contributed by atoms with Crippen LogP contribution in [0.15, 0.2) is 56.8 Å². The van der Waals surface area contributed by atoms with E-state index in [1.54, 1.807) is 24.3 Å². The normalized spacial score (nSPS) is 11.4. The minimum absolute atomic E-state index is 0.742. The number of rotatable bonds is 3. The molecule has 0 radical (unpaired) electrons. The van der Waals surface area contributed by atoms with Crippen LogP contribution in [-0.4, -0.2) is 23.0 Å². The van der Waals surface area contributed by atoms with Crippen molar-refractivity contribution in [3.63, 3.8) is 0 Å². The van der Waals surface area contributed by atoms with Crippen molar-refractivity contribution in [2.24, 2.45) is 5.10 Å². The highest BCUT2D eigenvalue weighted by molar-refractivity contribution is 9.11. The second kappa shape index (κ2) is 5.99. The number of hydrogen-bond acceptors (Lipinski definition) is 3. The first-order valence-electron chi connectivity index (χ1n) is 6.18. The number of methoxy groups -OCH3 is 1. The van der Waals surface area contributed by atoms with Crippen LogP contribution in [0.4, 0.5) is 0 Å². The zero-order valence-electron chi connectivity index (χ0n) is 11.1. The molecule has 3 rings (SSSR count). The zero-order valence-corrected chi connectivity index (χ0v) is 14.3. The first kappa shape index (κ1) is 14.3. The molecule has 6 heteroatoms. The molecule has 1 aromatic heterocycles. The first-order chi connectivity index (χ1) is 10.2. The summed E-state index contributed by atoms with van der Waals surface area (Å²) in [7, 11) is 1.64. The first-order valence-corrected chi connectivity index (χ1v) is 7.77. The van der Waals surface area contributed by atoms with Crippen LogP contribution >= 0.6 is 31.9 Å². The van der Waals surface area contributed by atoms with E-state index in [4.69, 9.17) is 4.74 Å². The van der Waals surface area contributed by atoms with Crippen molar-refractivity contribution in [2.75, 3.05) is 7.11 Å². The zero-order chi connectivity index (χ0) is 14.8. The summed E-state index contributed by atoms with van der Waals surface area (Å²) in [6, 6.07) is 11.7. The maximum Gasteiger partial charge on any atom is 0.141 e. The van der Waals surface area contributed by atoms with Crippen LogP contribution in [0, 0.1) is 0 Å². The summed E-state index contributed by atoms with van der Waals surface area (Å²) in [6.07, 6.45) is 3.45. The van der Waals surface area contributed by atoms with Crippen molar-refractivity contribution in [1.82, 2.24) is 9.66 Å². The van der Waals surface area contributed by atoms with Gasteiger partial charge in [0.15, 0.2) is 0 Å². The molecule has 106 valence electrons. The van der Waals surface area contributed by atoms with E-state index in [2.05, 4.69) is 41.9 Å². The van der Waals surface area contributed by atoms with E-state index in [0.29, 0.717) is 0 Å². The minimum Gasteiger partial charge on any atom is -0.495 e. The third-order valence-electron chi connectivity index (χ3n) is 3.00. The number of para-hydroxylation sites is 2.